The van der Waals surface area contributed by atoms with E-state index in [4.69, 9.17) is 9.88 Å². The lowest BCUT2D eigenvalue weighted by Crippen LogP contribution is -2.13. The topological polar surface area (TPSA) is 82.3 Å². The van der Waals surface area contributed by atoms with E-state index in [1.165, 1.54) is 36.5 Å². The molecule has 0 saturated carbocycles. The van der Waals surface area contributed by atoms with Crippen LogP contribution in [-0.4, -0.2) is 13.4 Å². The van der Waals surface area contributed by atoms with Gasteiger partial charge in [0.05, 0.1) is 0 Å². The fraction of sp³-hybridized carbons (Fsp3) is 0. The highest BCUT2D eigenvalue weighted by molar-refractivity contribution is 7.89. The van der Waals surface area contributed by atoms with Crippen molar-refractivity contribution in [1.29, 1.82) is 0 Å². The molecule has 0 aliphatic rings. The van der Waals surface area contributed by atoms with E-state index in [1.807, 2.05) is 0 Å². The molecule has 1 aromatic heterocycles. The van der Waals surface area contributed by atoms with Gasteiger partial charge in [-0.05, 0) is 24.3 Å². The van der Waals surface area contributed by atoms with Crippen LogP contribution in [0.5, 0.6) is 11.6 Å². The number of ether oxygens (including phenoxy) is 1. The second-order valence-corrected chi connectivity index (χ2v) is 4.91. The molecule has 0 radical (unpaired) electrons. The molecule has 2 N–H and O–H groups in total. The quantitative estimate of drug-likeness (QED) is 0.917. The number of aromatic nitrogens is 1. The monoisotopic (exact) mass is 268 g/mol. The number of halogens is 1. The number of para-hydroxylation sites is 1. The van der Waals surface area contributed by atoms with Crippen molar-refractivity contribution in [3.05, 3.63) is 48.4 Å². The molecule has 18 heavy (non-hydrogen) atoms. The Kier molecular flexibility index (Phi) is 3.26. The summed E-state index contributed by atoms with van der Waals surface area (Å²) in [5.74, 6) is -1.00. The van der Waals surface area contributed by atoms with Crippen LogP contribution in [0.4, 0.5) is 4.39 Å². The number of hydrogen-bond donors (Lipinski definition) is 1. The lowest BCUT2D eigenvalue weighted by molar-refractivity contribution is 0.415. The number of nitrogens with two attached hydrogens (primary N) is 1. The van der Waals surface area contributed by atoms with Crippen LogP contribution in [0.25, 0.3) is 0 Å². The molecule has 2 aromatic rings. The molecule has 0 fully saturated rings. The van der Waals surface area contributed by atoms with Crippen molar-refractivity contribution in [3.63, 3.8) is 0 Å². The molecule has 0 amide bonds. The standard InChI is InChI=1S/C11H9FN2O3S/c12-8-4-1-2-5-9(8)17-11-10(18(13,15)16)6-3-7-14-11/h1-7H,(H2,13,15,16). The van der Waals surface area contributed by atoms with Gasteiger partial charge in [0, 0.05) is 6.20 Å². The summed E-state index contributed by atoms with van der Waals surface area (Å²) in [5, 5.41) is 5.01. The molecular weight excluding hydrogens is 259 g/mol. The third kappa shape index (κ3) is 2.63. The summed E-state index contributed by atoms with van der Waals surface area (Å²) < 4.78 is 41.1. The van der Waals surface area contributed by atoms with Crippen LogP contribution in [0.2, 0.25) is 0 Å². The maximum Gasteiger partial charge on any atom is 0.243 e. The molecule has 0 saturated heterocycles. The molecule has 7 heteroatoms. The summed E-state index contributed by atoms with van der Waals surface area (Å²) in [6.45, 7) is 0. The van der Waals surface area contributed by atoms with Gasteiger partial charge in [0.25, 0.3) is 0 Å². The molecule has 1 aromatic carbocycles. The first-order chi connectivity index (χ1) is 8.48. The van der Waals surface area contributed by atoms with Gasteiger partial charge in [0.1, 0.15) is 4.90 Å². The number of sulfonamides is 1. The van der Waals surface area contributed by atoms with E-state index < -0.39 is 15.8 Å². The largest absolute Gasteiger partial charge is 0.435 e. The normalized spacial score (nSPS) is 11.2. The summed E-state index contributed by atoms with van der Waals surface area (Å²) in [6.07, 6.45) is 1.32. The summed E-state index contributed by atoms with van der Waals surface area (Å²) in [7, 11) is -3.98. The van der Waals surface area contributed by atoms with Crippen molar-refractivity contribution in [1.82, 2.24) is 4.98 Å². The number of pyridine rings is 1. The Labute approximate surface area is 103 Å². The Balaban J connectivity index is 2.45. The lowest BCUT2D eigenvalue weighted by atomic mass is 10.3. The molecule has 5 nitrogen and oxygen atoms in total. The first-order valence-corrected chi connectivity index (χ1v) is 6.43. The second-order valence-electron chi connectivity index (χ2n) is 3.38. The summed E-state index contributed by atoms with van der Waals surface area (Å²) in [6, 6.07) is 8.22. The van der Waals surface area contributed by atoms with Crippen LogP contribution in [0.1, 0.15) is 0 Å². The fourth-order valence-electron chi connectivity index (χ4n) is 1.30. The maximum absolute atomic E-state index is 13.4. The predicted molar refractivity (Wildman–Crippen MR) is 62.1 cm³/mol. The number of rotatable bonds is 3. The van der Waals surface area contributed by atoms with Crippen molar-refractivity contribution in [2.24, 2.45) is 5.14 Å². The number of primary sulfonamides is 1. The SMILES string of the molecule is NS(=O)(=O)c1cccnc1Oc1ccccc1F. The average Bonchev–Trinajstić information content (AvgIpc) is 2.31. The minimum absolute atomic E-state index is 0.124. The van der Waals surface area contributed by atoms with E-state index in [-0.39, 0.29) is 16.5 Å². The Morgan fingerprint density at radius 1 is 1.17 bits per heavy atom. The summed E-state index contributed by atoms with van der Waals surface area (Å²) in [5.41, 5.74) is 0. The molecule has 94 valence electrons. The molecule has 0 unspecified atom stereocenters. The van der Waals surface area contributed by atoms with Crippen LogP contribution in [0, 0.1) is 5.82 Å². The van der Waals surface area contributed by atoms with E-state index in [0.29, 0.717) is 0 Å². The Hall–Kier alpha value is -1.99. The smallest absolute Gasteiger partial charge is 0.243 e. The first kappa shape index (κ1) is 12.5. The molecule has 2 rings (SSSR count). The zero-order valence-corrected chi connectivity index (χ0v) is 9.89. The van der Waals surface area contributed by atoms with Crippen LogP contribution in [0.15, 0.2) is 47.5 Å². The van der Waals surface area contributed by atoms with Crippen molar-refractivity contribution in [3.8, 4) is 11.6 Å². The third-order valence-corrected chi connectivity index (χ3v) is 3.01. The zero-order valence-electron chi connectivity index (χ0n) is 9.08. The number of benzene rings is 1. The van der Waals surface area contributed by atoms with Gasteiger partial charge in [-0.25, -0.2) is 22.9 Å². The first-order valence-electron chi connectivity index (χ1n) is 4.88. The number of nitrogens with zero attached hydrogens (tertiary/aromatic N) is 1. The Morgan fingerprint density at radius 3 is 2.56 bits per heavy atom. The highest BCUT2D eigenvalue weighted by Crippen LogP contribution is 2.26. The van der Waals surface area contributed by atoms with Gasteiger partial charge in [-0.1, -0.05) is 12.1 Å². The summed E-state index contributed by atoms with van der Waals surface area (Å²) >= 11 is 0. The number of hydrogen-bond acceptors (Lipinski definition) is 4. The van der Waals surface area contributed by atoms with Gasteiger partial charge >= 0.3 is 0 Å². The van der Waals surface area contributed by atoms with E-state index in [1.54, 1.807) is 6.07 Å². The molecule has 0 spiro atoms. The van der Waals surface area contributed by atoms with Gasteiger partial charge in [0.2, 0.25) is 15.9 Å². The van der Waals surface area contributed by atoms with Gasteiger partial charge in [-0.2, -0.15) is 0 Å². The second kappa shape index (κ2) is 4.71. The van der Waals surface area contributed by atoms with Gasteiger partial charge in [-0.15, -0.1) is 0 Å². The molecule has 0 aliphatic heterocycles. The minimum atomic E-state index is -3.98. The van der Waals surface area contributed by atoms with Crippen molar-refractivity contribution < 1.29 is 17.5 Å². The lowest BCUT2D eigenvalue weighted by Gasteiger charge is -2.08. The van der Waals surface area contributed by atoms with E-state index in [0.717, 1.165) is 0 Å². The minimum Gasteiger partial charge on any atom is -0.435 e. The molecular formula is C11H9FN2O3S. The molecule has 0 bridgehead atoms. The Bertz CT molecular complexity index is 673. The zero-order chi connectivity index (χ0) is 13.2. The van der Waals surface area contributed by atoms with E-state index >= 15 is 0 Å². The predicted octanol–water partition coefficient (Wildman–Crippen LogP) is 1.66. The highest BCUT2D eigenvalue weighted by Gasteiger charge is 2.17. The molecule has 0 atom stereocenters. The fourth-order valence-corrected chi connectivity index (χ4v) is 1.91. The van der Waals surface area contributed by atoms with E-state index in [2.05, 4.69) is 4.98 Å². The van der Waals surface area contributed by atoms with Crippen molar-refractivity contribution in [2.45, 2.75) is 4.90 Å². The van der Waals surface area contributed by atoms with Gasteiger partial charge < -0.3 is 4.74 Å². The highest BCUT2D eigenvalue weighted by atomic mass is 32.2. The van der Waals surface area contributed by atoms with Gasteiger partial charge in [-0.3, -0.25) is 0 Å². The van der Waals surface area contributed by atoms with Crippen molar-refractivity contribution in [2.75, 3.05) is 0 Å². The third-order valence-electron chi connectivity index (χ3n) is 2.09. The van der Waals surface area contributed by atoms with Crippen LogP contribution in [0.3, 0.4) is 0 Å². The van der Waals surface area contributed by atoms with Crippen LogP contribution in [-0.2, 0) is 10.0 Å². The maximum atomic E-state index is 13.4. The van der Waals surface area contributed by atoms with Crippen molar-refractivity contribution >= 4 is 10.0 Å². The molecule has 0 aliphatic carbocycles. The Morgan fingerprint density at radius 2 is 1.89 bits per heavy atom. The molecule has 1 heterocycles. The van der Waals surface area contributed by atoms with E-state index in [9.17, 15) is 12.8 Å². The van der Waals surface area contributed by atoms with Crippen LogP contribution >= 0.6 is 0 Å². The van der Waals surface area contributed by atoms with Gasteiger partial charge in [0.15, 0.2) is 11.6 Å². The summed E-state index contributed by atoms with van der Waals surface area (Å²) in [4.78, 5) is 3.44. The average molecular weight is 268 g/mol. The van der Waals surface area contributed by atoms with Crippen LogP contribution < -0.4 is 9.88 Å².